The van der Waals surface area contributed by atoms with E-state index in [9.17, 15) is 4.39 Å². The molecular weight excluding hydrogens is 257 g/mol. The van der Waals surface area contributed by atoms with Crippen LogP contribution in [-0.2, 0) is 0 Å². The maximum absolute atomic E-state index is 13.9. The van der Waals surface area contributed by atoms with E-state index in [4.69, 9.17) is 17.3 Å². The lowest BCUT2D eigenvalue weighted by atomic mass is 9.99. The first-order valence-corrected chi connectivity index (χ1v) is 6.46. The van der Waals surface area contributed by atoms with Crippen molar-refractivity contribution in [3.63, 3.8) is 0 Å². The summed E-state index contributed by atoms with van der Waals surface area (Å²) in [7, 11) is 0. The highest BCUT2D eigenvalue weighted by molar-refractivity contribution is 7.12. The molecule has 2 aromatic rings. The molecule has 90 valence electrons. The van der Waals surface area contributed by atoms with Crippen molar-refractivity contribution in [3.8, 4) is 0 Å². The van der Waals surface area contributed by atoms with Gasteiger partial charge in [-0.1, -0.05) is 23.7 Å². The lowest BCUT2D eigenvalue weighted by Crippen LogP contribution is -2.14. The summed E-state index contributed by atoms with van der Waals surface area (Å²) in [5, 5.41) is 0.113. The molecule has 0 fully saturated rings. The average molecular weight is 270 g/mol. The molecule has 0 aliphatic carbocycles. The Balaban J connectivity index is 2.47. The molecule has 1 aromatic heterocycles. The van der Waals surface area contributed by atoms with Crippen LogP contribution in [0.2, 0.25) is 5.02 Å². The van der Waals surface area contributed by atoms with Gasteiger partial charge in [-0.3, -0.25) is 0 Å². The summed E-state index contributed by atoms with van der Waals surface area (Å²) in [5.41, 5.74) is 7.52. The van der Waals surface area contributed by atoms with E-state index in [-0.39, 0.29) is 5.02 Å². The topological polar surface area (TPSA) is 26.0 Å². The number of benzene rings is 1. The highest BCUT2D eigenvalue weighted by Gasteiger charge is 2.18. The van der Waals surface area contributed by atoms with Crippen molar-refractivity contribution in [2.45, 2.75) is 19.9 Å². The molecule has 17 heavy (non-hydrogen) atoms. The van der Waals surface area contributed by atoms with Crippen molar-refractivity contribution in [1.82, 2.24) is 0 Å². The minimum atomic E-state index is -0.460. The second kappa shape index (κ2) is 4.77. The van der Waals surface area contributed by atoms with Gasteiger partial charge in [0.25, 0.3) is 0 Å². The van der Waals surface area contributed by atoms with E-state index in [1.54, 1.807) is 23.5 Å². The van der Waals surface area contributed by atoms with Crippen LogP contribution in [0.5, 0.6) is 0 Å². The van der Waals surface area contributed by atoms with Gasteiger partial charge < -0.3 is 5.73 Å². The lowest BCUT2D eigenvalue weighted by molar-refractivity contribution is 0.600. The van der Waals surface area contributed by atoms with Gasteiger partial charge in [0.1, 0.15) is 5.82 Å². The molecule has 2 rings (SSSR count). The maximum atomic E-state index is 13.9. The second-order valence-corrected chi connectivity index (χ2v) is 5.86. The van der Waals surface area contributed by atoms with Gasteiger partial charge in [-0.2, -0.15) is 0 Å². The number of hydrogen-bond acceptors (Lipinski definition) is 2. The Morgan fingerprint density at radius 3 is 2.59 bits per heavy atom. The van der Waals surface area contributed by atoms with E-state index in [0.29, 0.717) is 5.56 Å². The number of halogens is 2. The Hall–Kier alpha value is -0.900. The molecule has 1 unspecified atom stereocenters. The van der Waals surface area contributed by atoms with Gasteiger partial charge in [-0.25, -0.2) is 4.39 Å². The van der Waals surface area contributed by atoms with Gasteiger partial charge in [0.15, 0.2) is 0 Å². The molecule has 0 aliphatic rings. The number of hydrogen-bond donors (Lipinski definition) is 1. The zero-order valence-electron chi connectivity index (χ0n) is 9.63. The van der Waals surface area contributed by atoms with Crippen LogP contribution in [0.15, 0.2) is 24.3 Å². The predicted octanol–water partition coefficient (Wildman–Crippen LogP) is 4.21. The third-order valence-corrected chi connectivity index (χ3v) is 4.00. The first-order valence-electron chi connectivity index (χ1n) is 5.27. The Kier molecular flexibility index (Phi) is 3.52. The normalized spacial score (nSPS) is 12.8. The molecule has 0 aliphatic heterocycles. The van der Waals surface area contributed by atoms with Gasteiger partial charge in [0, 0.05) is 15.3 Å². The molecule has 0 radical (unpaired) electrons. The van der Waals surface area contributed by atoms with E-state index in [2.05, 4.69) is 0 Å². The largest absolute Gasteiger partial charge is 0.320 e. The van der Waals surface area contributed by atoms with Crippen LogP contribution >= 0.6 is 22.9 Å². The third kappa shape index (κ3) is 2.37. The van der Waals surface area contributed by atoms with Gasteiger partial charge >= 0.3 is 0 Å². The second-order valence-electron chi connectivity index (χ2n) is 3.99. The summed E-state index contributed by atoms with van der Waals surface area (Å²) < 4.78 is 13.9. The quantitative estimate of drug-likeness (QED) is 0.869. The molecule has 1 heterocycles. The van der Waals surface area contributed by atoms with Crippen LogP contribution in [0.4, 0.5) is 4.39 Å². The summed E-state index contributed by atoms with van der Waals surface area (Å²) in [6.45, 7) is 4.01. The molecule has 4 heteroatoms. The van der Waals surface area contributed by atoms with Gasteiger partial charge in [0.2, 0.25) is 0 Å². The molecule has 1 nitrogen and oxygen atoms in total. The predicted molar refractivity (Wildman–Crippen MR) is 71.2 cm³/mol. The molecule has 0 spiro atoms. The minimum Gasteiger partial charge on any atom is -0.320 e. The standard InChI is InChI=1S/C13H13ClFNS/c1-7-6-10(8(2)17-7)13(16)9-4-3-5-11(14)12(9)15/h3-6,13H,16H2,1-2H3. The van der Waals surface area contributed by atoms with E-state index in [0.717, 1.165) is 10.4 Å². The molecule has 1 atom stereocenters. The van der Waals surface area contributed by atoms with Crippen molar-refractivity contribution >= 4 is 22.9 Å². The monoisotopic (exact) mass is 269 g/mol. The Morgan fingerprint density at radius 1 is 1.29 bits per heavy atom. The highest BCUT2D eigenvalue weighted by atomic mass is 35.5. The van der Waals surface area contributed by atoms with Crippen molar-refractivity contribution in [2.75, 3.05) is 0 Å². The molecule has 0 saturated heterocycles. The van der Waals surface area contributed by atoms with E-state index < -0.39 is 11.9 Å². The fourth-order valence-electron chi connectivity index (χ4n) is 1.89. The Labute approximate surface area is 109 Å². The minimum absolute atomic E-state index is 0.113. The first kappa shape index (κ1) is 12.6. The van der Waals surface area contributed by atoms with Crippen molar-refractivity contribution in [2.24, 2.45) is 5.73 Å². The number of nitrogens with two attached hydrogens (primary N) is 1. The van der Waals surface area contributed by atoms with Gasteiger partial charge in [-0.15, -0.1) is 11.3 Å². The summed E-state index contributed by atoms with van der Waals surface area (Å²) in [6.07, 6.45) is 0. The van der Waals surface area contributed by atoms with Crippen LogP contribution in [0, 0.1) is 19.7 Å². The molecule has 0 saturated carbocycles. The highest BCUT2D eigenvalue weighted by Crippen LogP contribution is 2.31. The third-order valence-electron chi connectivity index (χ3n) is 2.73. The van der Waals surface area contributed by atoms with E-state index in [1.807, 2.05) is 19.9 Å². The average Bonchev–Trinajstić information content (AvgIpc) is 2.61. The maximum Gasteiger partial charge on any atom is 0.146 e. The van der Waals surface area contributed by atoms with Crippen LogP contribution in [-0.4, -0.2) is 0 Å². The van der Waals surface area contributed by atoms with Crippen LogP contribution in [0.3, 0.4) is 0 Å². The van der Waals surface area contributed by atoms with Crippen molar-refractivity contribution in [1.29, 1.82) is 0 Å². The Morgan fingerprint density at radius 2 is 2.00 bits per heavy atom. The first-order chi connectivity index (χ1) is 8.00. The number of rotatable bonds is 2. The number of aryl methyl sites for hydroxylation is 2. The van der Waals surface area contributed by atoms with Crippen molar-refractivity contribution in [3.05, 3.63) is 56.0 Å². The van der Waals surface area contributed by atoms with E-state index >= 15 is 0 Å². The van der Waals surface area contributed by atoms with Crippen LogP contribution in [0.25, 0.3) is 0 Å². The molecular formula is C13H13ClFNS. The SMILES string of the molecule is Cc1cc(C(N)c2cccc(Cl)c2F)c(C)s1. The number of thiophene rings is 1. The fraction of sp³-hybridized carbons (Fsp3) is 0.231. The molecule has 0 bridgehead atoms. The van der Waals surface area contributed by atoms with Gasteiger partial charge in [0.05, 0.1) is 11.1 Å². The van der Waals surface area contributed by atoms with Gasteiger partial charge in [-0.05, 0) is 31.5 Å². The summed E-state index contributed by atoms with van der Waals surface area (Å²) in [6, 6.07) is 6.47. The molecule has 1 aromatic carbocycles. The summed E-state index contributed by atoms with van der Waals surface area (Å²) in [4.78, 5) is 2.30. The molecule has 2 N–H and O–H groups in total. The molecule has 0 amide bonds. The van der Waals surface area contributed by atoms with Crippen LogP contribution in [0.1, 0.15) is 26.9 Å². The van der Waals surface area contributed by atoms with Crippen LogP contribution < -0.4 is 5.73 Å². The zero-order chi connectivity index (χ0) is 12.6. The summed E-state index contributed by atoms with van der Waals surface area (Å²) >= 11 is 7.43. The fourth-order valence-corrected chi connectivity index (χ4v) is 3.04. The smallest absolute Gasteiger partial charge is 0.146 e. The summed E-state index contributed by atoms with van der Waals surface area (Å²) in [5.74, 6) is -0.426. The van der Waals surface area contributed by atoms with Crippen molar-refractivity contribution < 1.29 is 4.39 Å². The lowest BCUT2D eigenvalue weighted by Gasteiger charge is -2.13. The van der Waals surface area contributed by atoms with E-state index in [1.165, 1.54) is 10.9 Å². The Bertz CT molecular complexity index is 550. The zero-order valence-corrected chi connectivity index (χ0v) is 11.2.